The first-order valence-corrected chi connectivity index (χ1v) is 4.54. The Morgan fingerprint density at radius 3 is 2.56 bits per heavy atom. The third kappa shape index (κ3) is 1.68. The first-order valence-electron chi connectivity index (χ1n) is 4.54. The van der Waals surface area contributed by atoms with Crippen LogP contribution in [0.15, 0.2) is 36.7 Å². The Balaban J connectivity index is 2.71. The van der Waals surface area contributed by atoms with E-state index in [9.17, 15) is 4.79 Å². The minimum Gasteiger partial charge on any atom is -0.351 e. The summed E-state index contributed by atoms with van der Waals surface area (Å²) in [4.78, 5) is 19.2. The number of primary amides is 1. The fourth-order valence-electron chi connectivity index (χ4n) is 1.35. The zero-order valence-electron chi connectivity index (χ0n) is 8.29. The van der Waals surface area contributed by atoms with Crippen molar-refractivity contribution in [3.8, 4) is 11.5 Å². The predicted molar refractivity (Wildman–Crippen MR) is 56.3 cm³/mol. The van der Waals surface area contributed by atoms with Gasteiger partial charge in [-0.2, -0.15) is 0 Å². The SMILES string of the molecule is N=c1cccc(-c2ncccn2)n1C(N)=O. The lowest BCUT2D eigenvalue weighted by atomic mass is 10.3. The van der Waals surface area contributed by atoms with Crippen molar-refractivity contribution >= 4 is 6.03 Å². The Labute approximate surface area is 90.9 Å². The minimum atomic E-state index is -0.729. The average molecular weight is 215 g/mol. The van der Waals surface area contributed by atoms with Gasteiger partial charge in [-0.25, -0.2) is 19.3 Å². The Kier molecular flexibility index (Phi) is 2.47. The molecule has 0 aliphatic carbocycles. The molecule has 0 aliphatic rings. The monoisotopic (exact) mass is 215 g/mol. The highest BCUT2D eigenvalue weighted by Crippen LogP contribution is 2.10. The second-order valence-corrected chi connectivity index (χ2v) is 3.04. The topological polar surface area (TPSA) is 97.7 Å². The second-order valence-electron chi connectivity index (χ2n) is 3.04. The van der Waals surface area contributed by atoms with Crippen molar-refractivity contribution < 1.29 is 4.79 Å². The fourth-order valence-corrected chi connectivity index (χ4v) is 1.35. The van der Waals surface area contributed by atoms with Gasteiger partial charge in [-0.1, -0.05) is 6.07 Å². The molecule has 0 unspecified atom stereocenters. The van der Waals surface area contributed by atoms with Crippen LogP contribution in [0.3, 0.4) is 0 Å². The molecule has 0 spiro atoms. The smallest absolute Gasteiger partial charge is 0.325 e. The molecule has 6 heteroatoms. The minimum absolute atomic E-state index is 0.00236. The highest BCUT2D eigenvalue weighted by molar-refractivity contribution is 5.79. The number of pyridine rings is 1. The van der Waals surface area contributed by atoms with Gasteiger partial charge in [-0.3, -0.25) is 5.41 Å². The van der Waals surface area contributed by atoms with Gasteiger partial charge >= 0.3 is 6.03 Å². The molecule has 2 heterocycles. The molecule has 0 aromatic carbocycles. The van der Waals surface area contributed by atoms with Crippen LogP contribution in [0.5, 0.6) is 0 Å². The van der Waals surface area contributed by atoms with E-state index < -0.39 is 6.03 Å². The lowest BCUT2D eigenvalue weighted by Gasteiger charge is -2.07. The molecule has 16 heavy (non-hydrogen) atoms. The number of amides is 1. The van der Waals surface area contributed by atoms with Crippen molar-refractivity contribution in [1.29, 1.82) is 5.41 Å². The predicted octanol–water partition coefficient (Wildman–Crippen LogP) is 0.351. The van der Waals surface area contributed by atoms with E-state index in [-0.39, 0.29) is 5.49 Å². The van der Waals surface area contributed by atoms with Gasteiger partial charge in [0.05, 0.1) is 5.69 Å². The Hall–Kier alpha value is -2.50. The molecular formula is C10H9N5O. The summed E-state index contributed by atoms with van der Waals surface area (Å²) in [5.74, 6) is 0.357. The van der Waals surface area contributed by atoms with Crippen molar-refractivity contribution in [2.24, 2.45) is 5.73 Å². The summed E-state index contributed by atoms with van der Waals surface area (Å²) in [5.41, 5.74) is 5.60. The number of aromatic nitrogens is 3. The summed E-state index contributed by atoms with van der Waals surface area (Å²) in [5, 5.41) is 7.60. The van der Waals surface area contributed by atoms with Gasteiger partial charge in [0.15, 0.2) is 5.82 Å². The standard InChI is InChI=1S/C10H9N5O/c11-8-4-1-3-7(15(8)10(12)16)9-13-5-2-6-14-9/h1-6,11H,(H2,12,16). The zero-order chi connectivity index (χ0) is 11.5. The molecule has 0 fully saturated rings. The Morgan fingerprint density at radius 1 is 1.25 bits per heavy atom. The van der Waals surface area contributed by atoms with E-state index in [0.29, 0.717) is 11.5 Å². The van der Waals surface area contributed by atoms with E-state index in [1.54, 1.807) is 30.6 Å². The molecule has 3 N–H and O–H groups in total. The number of rotatable bonds is 1. The van der Waals surface area contributed by atoms with E-state index in [1.807, 2.05) is 0 Å². The Bertz CT molecular complexity index is 575. The van der Waals surface area contributed by atoms with Crippen molar-refractivity contribution in [1.82, 2.24) is 14.5 Å². The number of nitrogens with zero attached hydrogens (tertiary/aromatic N) is 3. The highest BCUT2D eigenvalue weighted by Gasteiger charge is 2.09. The maximum atomic E-state index is 11.2. The maximum Gasteiger partial charge on any atom is 0.325 e. The zero-order valence-corrected chi connectivity index (χ0v) is 8.29. The van der Waals surface area contributed by atoms with Crippen molar-refractivity contribution in [3.05, 3.63) is 42.1 Å². The second kappa shape index (κ2) is 3.93. The summed E-state index contributed by atoms with van der Waals surface area (Å²) >= 11 is 0. The summed E-state index contributed by atoms with van der Waals surface area (Å²) in [6, 6.07) is 5.69. The summed E-state index contributed by atoms with van der Waals surface area (Å²) in [6.45, 7) is 0. The van der Waals surface area contributed by atoms with Crippen molar-refractivity contribution in [2.45, 2.75) is 0 Å². The van der Waals surface area contributed by atoms with Crippen LogP contribution in [0.1, 0.15) is 0 Å². The van der Waals surface area contributed by atoms with Crippen LogP contribution in [0.2, 0.25) is 0 Å². The summed E-state index contributed by atoms with van der Waals surface area (Å²) < 4.78 is 1.05. The molecule has 2 aromatic heterocycles. The number of carbonyl (C=O) groups is 1. The molecule has 6 nitrogen and oxygen atoms in total. The number of nitrogens with one attached hydrogen (secondary N) is 1. The normalized spacial score (nSPS) is 10.0. The lowest BCUT2D eigenvalue weighted by Crippen LogP contribution is -2.32. The van der Waals surface area contributed by atoms with Crippen LogP contribution in [0.4, 0.5) is 4.79 Å². The van der Waals surface area contributed by atoms with Crippen LogP contribution in [-0.2, 0) is 0 Å². The molecule has 0 saturated carbocycles. The number of carbonyl (C=O) groups excluding carboxylic acids is 1. The molecule has 2 aromatic rings. The van der Waals surface area contributed by atoms with Crippen molar-refractivity contribution in [2.75, 3.05) is 0 Å². The van der Waals surface area contributed by atoms with E-state index in [0.717, 1.165) is 4.57 Å². The molecule has 0 aliphatic heterocycles. The van der Waals surface area contributed by atoms with E-state index in [1.165, 1.54) is 6.07 Å². The quantitative estimate of drug-likeness (QED) is 0.718. The maximum absolute atomic E-state index is 11.2. The van der Waals surface area contributed by atoms with E-state index in [2.05, 4.69) is 9.97 Å². The number of hydrogen-bond donors (Lipinski definition) is 2. The third-order valence-corrected chi connectivity index (χ3v) is 2.01. The molecule has 2 rings (SSSR count). The molecule has 0 saturated heterocycles. The summed E-state index contributed by atoms with van der Waals surface area (Å²) in [7, 11) is 0. The summed E-state index contributed by atoms with van der Waals surface area (Å²) in [6.07, 6.45) is 3.12. The van der Waals surface area contributed by atoms with Crippen LogP contribution in [0, 0.1) is 5.41 Å². The van der Waals surface area contributed by atoms with Gasteiger partial charge in [0.25, 0.3) is 0 Å². The molecule has 80 valence electrons. The molecular weight excluding hydrogens is 206 g/mol. The fraction of sp³-hybridized carbons (Fsp3) is 0. The first-order chi connectivity index (χ1) is 7.70. The molecule has 0 atom stereocenters. The van der Waals surface area contributed by atoms with E-state index >= 15 is 0 Å². The number of hydrogen-bond acceptors (Lipinski definition) is 4. The Morgan fingerprint density at radius 2 is 1.94 bits per heavy atom. The van der Waals surface area contributed by atoms with Crippen LogP contribution < -0.4 is 11.2 Å². The van der Waals surface area contributed by atoms with Gasteiger partial charge in [-0.05, 0) is 18.2 Å². The van der Waals surface area contributed by atoms with Gasteiger partial charge in [0.2, 0.25) is 0 Å². The lowest BCUT2D eigenvalue weighted by molar-refractivity contribution is 0.249. The first kappa shape index (κ1) is 10.0. The number of nitrogens with two attached hydrogens (primary N) is 1. The molecule has 0 radical (unpaired) electrons. The molecule has 0 bridgehead atoms. The van der Waals surface area contributed by atoms with Gasteiger partial charge in [-0.15, -0.1) is 0 Å². The van der Waals surface area contributed by atoms with E-state index in [4.69, 9.17) is 11.1 Å². The van der Waals surface area contributed by atoms with Crippen LogP contribution in [0.25, 0.3) is 11.5 Å². The molecule has 1 amide bonds. The third-order valence-electron chi connectivity index (χ3n) is 2.01. The highest BCUT2D eigenvalue weighted by atomic mass is 16.2. The average Bonchev–Trinajstić information content (AvgIpc) is 2.29. The van der Waals surface area contributed by atoms with Gasteiger partial charge in [0, 0.05) is 12.4 Å². The van der Waals surface area contributed by atoms with Crippen molar-refractivity contribution in [3.63, 3.8) is 0 Å². The van der Waals surface area contributed by atoms with Crippen LogP contribution in [-0.4, -0.2) is 20.6 Å². The van der Waals surface area contributed by atoms with Crippen LogP contribution >= 0.6 is 0 Å². The largest absolute Gasteiger partial charge is 0.351 e. The van der Waals surface area contributed by atoms with Gasteiger partial charge in [0.1, 0.15) is 5.49 Å². The van der Waals surface area contributed by atoms with Gasteiger partial charge < -0.3 is 5.73 Å².